The van der Waals surface area contributed by atoms with Gasteiger partial charge in [-0.15, -0.1) is 0 Å². The van der Waals surface area contributed by atoms with E-state index in [1.54, 1.807) is 6.92 Å². The molecule has 11 heteroatoms. The number of ether oxygens (including phenoxy) is 9. The Morgan fingerprint density at radius 3 is 1.09 bits per heavy atom. The lowest BCUT2D eigenvalue weighted by Crippen LogP contribution is -2.15. The fourth-order valence-electron chi connectivity index (χ4n) is 2.23. The largest absolute Gasteiger partial charge is 0.463 e. The average molecular weight is 509 g/mol. The third-order valence-electron chi connectivity index (χ3n) is 3.99. The van der Waals surface area contributed by atoms with E-state index in [0.29, 0.717) is 104 Å². The molecule has 0 N–H and O–H groups in total. The molecule has 0 radical (unpaired) electrons. The lowest BCUT2D eigenvalue weighted by molar-refractivity contribution is -0.145. The minimum absolute atomic E-state index is 0.192. The van der Waals surface area contributed by atoms with Crippen LogP contribution in [0.2, 0.25) is 0 Å². The van der Waals surface area contributed by atoms with Crippen molar-refractivity contribution in [3.8, 4) is 0 Å². The first-order valence-electron chi connectivity index (χ1n) is 12.1. The smallest absolute Gasteiger partial charge is 0.333 e. The van der Waals surface area contributed by atoms with Gasteiger partial charge in [0.1, 0.15) is 13.2 Å². The molecule has 0 heterocycles. The van der Waals surface area contributed by atoms with Crippen LogP contribution in [0.15, 0.2) is 12.2 Å². The van der Waals surface area contributed by atoms with Crippen LogP contribution in [0.5, 0.6) is 0 Å². The first-order chi connectivity index (χ1) is 17.1. The molecule has 0 fully saturated rings. The van der Waals surface area contributed by atoms with E-state index in [1.807, 2.05) is 6.92 Å². The molecule has 0 amide bonds. The fourth-order valence-corrected chi connectivity index (χ4v) is 2.23. The second-order valence-electron chi connectivity index (χ2n) is 7.17. The minimum atomic E-state index is -0.414. The predicted octanol–water partition coefficient (Wildman–Crippen LogP) is 1.57. The zero-order chi connectivity index (χ0) is 25.8. The van der Waals surface area contributed by atoms with Crippen LogP contribution < -0.4 is 0 Å². The SMILES string of the molecule is C=C(C)C(=O)OCCOCCOCCOCCOCCOCCOCCOCCOC(=O)CCC. The molecule has 0 bridgehead atoms. The summed E-state index contributed by atoms with van der Waals surface area (Å²) in [6, 6.07) is 0. The summed E-state index contributed by atoms with van der Waals surface area (Å²) in [5.41, 5.74) is 0.369. The fraction of sp³-hybridized carbons (Fsp3) is 0.833. The van der Waals surface area contributed by atoms with Gasteiger partial charge >= 0.3 is 11.9 Å². The number of rotatable bonds is 27. The van der Waals surface area contributed by atoms with Gasteiger partial charge in [-0.3, -0.25) is 4.79 Å². The van der Waals surface area contributed by atoms with Crippen molar-refractivity contribution in [2.75, 3.05) is 106 Å². The predicted molar refractivity (Wildman–Crippen MR) is 127 cm³/mol. The van der Waals surface area contributed by atoms with E-state index in [4.69, 9.17) is 42.6 Å². The molecular weight excluding hydrogens is 464 g/mol. The summed E-state index contributed by atoms with van der Waals surface area (Å²) in [5, 5.41) is 0. The third-order valence-corrected chi connectivity index (χ3v) is 3.99. The van der Waals surface area contributed by atoms with E-state index in [9.17, 15) is 9.59 Å². The summed E-state index contributed by atoms with van der Waals surface area (Å²) in [4.78, 5) is 22.3. The van der Waals surface area contributed by atoms with Gasteiger partial charge in [-0.2, -0.15) is 0 Å². The summed E-state index contributed by atoms with van der Waals surface area (Å²) in [6.45, 7) is 13.8. The van der Waals surface area contributed by atoms with Crippen LogP contribution in [-0.4, -0.2) is 118 Å². The molecule has 0 aromatic carbocycles. The van der Waals surface area contributed by atoms with Crippen molar-refractivity contribution in [1.82, 2.24) is 0 Å². The maximum Gasteiger partial charge on any atom is 0.333 e. The lowest BCUT2D eigenvalue weighted by atomic mass is 10.3. The second kappa shape index (κ2) is 27.0. The van der Waals surface area contributed by atoms with Crippen molar-refractivity contribution in [3.05, 3.63) is 12.2 Å². The lowest BCUT2D eigenvalue weighted by Gasteiger charge is -2.09. The molecule has 11 nitrogen and oxygen atoms in total. The van der Waals surface area contributed by atoms with Crippen LogP contribution in [0.3, 0.4) is 0 Å². The Morgan fingerprint density at radius 1 is 0.514 bits per heavy atom. The Balaban J connectivity index is 3.09. The van der Waals surface area contributed by atoms with Crippen molar-refractivity contribution in [2.45, 2.75) is 26.7 Å². The Bertz CT molecular complexity index is 514. The number of hydrogen-bond donors (Lipinski definition) is 0. The highest BCUT2D eigenvalue weighted by Crippen LogP contribution is 1.92. The van der Waals surface area contributed by atoms with Gasteiger partial charge in [0.2, 0.25) is 0 Å². The zero-order valence-corrected chi connectivity index (χ0v) is 21.4. The first-order valence-corrected chi connectivity index (χ1v) is 12.1. The van der Waals surface area contributed by atoms with Crippen LogP contribution in [0.25, 0.3) is 0 Å². The molecule has 0 rings (SSSR count). The molecule has 0 unspecified atom stereocenters. The van der Waals surface area contributed by atoms with Crippen molar-refractivity contribution >= 4 is 11.9 Å². The molecule has 0 aromatic heterocycles. The van der Waals surface area contributed by atoms with E-state index in [2.05, 4.69) is 6.58 Å². The van der Waals surface area contributed by atoms with Gasteiger partial charge in [-0.05, 0) is 13.3 Å². The van der Waals surface area contributed by atoms with E-state index in [0.717, 1.165) is 6.42 Å². The summed E-state index contributed by atoms with van der Waals surface area (Å²) >= 11 is 0. The number of hydrogen-bond acceptors (Lipinski definition) is 11. The third kappa shape index (κ3) is 26.8. The molecule has 35 heavy (non-hydrogen) atoms. The van der Waals surface area contributed by atoms with E-state index in [1.165, 1.54) is 0 Å². The van der Waals surface area contributed by atoms with Gasteiger partial charge in [0, 0.05) is 12.0 Å². The highest BCUT2D eigenvalue weighted by atomic mass is 16.6. The molecule has 0 spiro atoms. The topological polar surface area (TPSA) is 117 Å². The Labute approximate surface area is 209 Å². The molecular formula is C24H44O11. The van der Waals surface area contributed by atoms with Gasteiger partial charge in [0.15, 0.2) is 0 Å². The molecule has 0 aliphatic heterocycles. The average Bonchev–Trinajstić information content (AvgIpc) is 2.84. The van der Waals surface area contributed by atoms with Gasteiger partial charge in [-0.1, -0.05) is 13.5 Å². The maximum absolute atomic E-state index is 11.1. The zero-order valence-electron chi connectivity index (χ0n) is 21.4. The molecule has 0 aliphatic carbocycles. The quantitative estimate of drug-likeness (QED) is 0.0914. The van der Waals surface area contributed by atoms with Gasteiger partial charge in [-0.25, -0.2) is 4.79 Å². The van der Waals surface area contributed by atoms with E-state index in [-0.39, 0.29) is 19.2 Å². The number of carbonyl (C=O) groups is 2. The molecule has 0 saturated carbocycles. The van der Waals surface area contributed by atoms with Crippen LogP contribution in [0.4, 0.5) is 0 Å². The first kappa shape index (κ1) is 33.4. The normalized spacial score (nSPS) is 10.9. The summed E-state index contributed by atoms with van der Waals surface area (Å²) in [6.07, 6.45) is 1.22. The van der Waals surface area contributed by atoms with Gasteiger partial charge in [0.05, 0.1) is 92.5 Å². The second-order valence-corrected chi connectivity index (χ2v) is 7.17. The standard InChI is InChI=1S/C24H44O11/c1-4-5-23(25)34-20-18-32-16-14-30-12-10-28-8-6-27-7-9-29-11-13-31-15-17-33-19-21-35-24(26)22(2)3/h2,4-21H2,1,3H3. The van der Waals surface area contributed by atoms with Crippen LogP contribution >= 0.6 is 0 Å². The maximum atomic E-state index is 11.1. The van der Waals surface area contributed by atoms with Crippen molar-refractivity contribution in [1.29, 1.82) is 0 Å². The Hall–Kier alpha value is -1.60. The molecule has 0 saturated heterocycles. The summed E-state index contributed by atoms with van der Waals surface area (Å²) in [5.74, 6) is -0.606. The number of carbonyl (C=O) groups excluding carboxylic acids is 2. The van der Waals surface area contributed by atoms with Crippen LogP contribution in [-0.2, 0) is 52.2 Å². The highest BCUT2D eigenvalue weighted by Gasteiger charge is 2.02. The van der Waals surface area contributed by atoms with Crippen LogP contribution in [0.1, 0.15) is 26.7 Å². The van der Waals surface area contributed by atoms with Crippen molar-refractivity contribution in [3.63, 3.8) is 0 Å². The van der Waals surface area contributed by atoms with Crippen LogP contribution in [0, 0.1) is 0 Å². The molecule has 206 valence electrons. The summed E-state index contributed by atoms with van der Waals surface area (Å²) < 4.78 is 47.4. The highest BCUT2D eigenvalue weighted by molar-refractivity contribution is 5.86. The Kier molecular flexibility index (Phi) is 25.8. The number of esters is 2. The molecule has 0 aliphatic rings. The minimum Gasteiger partial charge on any atom is -0.463 e. The van der Waals surface area contributed by atoms with E-state index < -0.39 is 5.97 Å². The Morgan fingerprint density at radius 2 is 0.800 bits per heavy atom. The van der Waals surface area contributed by atoms with Gasteiger partial charge in [0.25, 0.3) is 0 Å². The monoisotopic (exact) mass is 508 g/mol. The molecule has 0 aromatic rings. The van der Waals surface area contributed by atoms with Gasteiger partial charge < -0.3 is 42.6 Å². The molecule has 0 atom stereocenters. The van der Waals surface area contributed by atoms with E-state index >= 15 is 0 Å². The van der Waals surface area contributed by atoms with Crippen molar-refractivity contribution < 1.29 is 52.2 Å². The van der Waals surface area contributed by atoms with Crippen molar-refractivity contribution in [2.24, 2.45) is 0 Å². The summed E-state index contributed by atoms with van der Waals surface area (Å²) in [7, 11) is 0.